The van der Waals surface area contributed by atoms with E-state index in [4.69, 9.17) is 9.47 Å². The Morgan fingerprint density at radius 3 is 2.79 bits per heavy atom. The summed E-state index contributed by atoms with van der Waals surface area (Å²) in [6.07, 6.45) is -0.442. The summed E-state index contributed by atoms with van der Waals surface area (Å²) in [6.45, 7) is 3.63. The molecule has 1 aliphatic rings. The highest BCUT2D eigenvalue weighted by molar-refractivity contribution is 9.10. The zero-order chi connectivity index (χ0) is 21.1. The highest BCUT2D eigenvalue weighted by atomic mass is 79.9. The Labute approximate surface area is 174 Å². The number of carbonyl (C=O) groups excluding carboxylic acids is 1. The molecule has 1 N–H and O–H groups in total. The molecule has 0 aliphatic carbocycles. The first-order chi connectivity index (χ1) is 13.1. The van der Waals surface area contributed by atoms with Crippen LogP contribution in [-0.4, -0.2) is 81.2 Å². The molecule has 0 unspecified atom stereocenters. The van der Waals surface area contributed by atoms with Crippen LogP contribution in [0.3, 0.4) is 0 Å². The zero-order valence-electron chi connectivity index (χ0n) is 16.5. The van der Waals surface area contributed by atoms with Gasteiger partial charge in [-0.25, -0.2) is 8.42 Å². The van der Waals surface area contributed by atoms with Crippen LogP contribution >= 0.6 is 15.9 Å². The number of methoxy groups -OCH3 is 1. The van der Waals surface area contributed by atoms with E-state index in [2.05, 4.69) is 15.9 Å². The molecule has 2 rings (SSSR count). The van der Waals surface area contributed by atoms with Gasteiger partial charge < -0.3 is 19.5 Å². The van der Waals surface area contributed by atoms with E-state index in [1.165, 1.54) is 22.4 Å². The van der Waals surface area contributed by atoms with Gasteiger partial charge in [-0.15, -0.1) is 0 Å². The van der Waals surface area contributed by atoms with Gasteiger partial charge in [-0.3, -0.25) is 4.79 Å². The summed E-state index contributed by atoms with van der Waals surface area (Å²) in [7, 11) is -0.746. The van der Waals surface area contributed by atoms with Gasteiger partial charge in [0.25, 0.3) is 0 Å². The number of benzene rings is 1. The number of aliphatic hydroxyl groups excluding tert-OH is 1. The molecule has 0 radical (unpaired) electrons. The number of amides is 1. The molecule has 158 valence electrons. The topological polar surface area (TPSA) is 96.4 Å². The third kappa shape index (κ3) is 5.04. The average molecular weight is 479 g/mol. The number of sulfonamides is 1. The summed E-state index contributed by atoms with van der Waals surface area (Å²) in [5.74, 6) is -0.203. The number of rotatable bonds is 6. The van der Waals surface area contributed by atoms with Gasteiger partial charge in [0.05, 0.1) is 13.2 Å². The lowest BCUT2D eigenvalue weighted by molar-refractivity contribution is -0.135. The maximum Gasteiger partial charge on any atom is 0.248 e. The number of aliphatic hydroxyl groups is 1. The first kappa shape index (κ1) is 23.1. The molecule has 0 saturated carbocycles. The van der Waals surface area contributed by atoms with E-state index in [-0.39, 0.29) is 48.8 Å². The highest BCUT2D eigenvalue weighted by Gasteiger charge is 2.38. The molecule has 8 nitrogen and oxygen atoms in total. The fourth-order valence-electron chi connectivity index (χ4n) is 3.02. The Balaban J connectivity index is 2.46. The van der Waals surface area contributed by atoms with Crippen molar-refractivity contribution in [2.24, 2.45) is 5.92 Å². The molecule has 0 bridgehead atoms. The quantitative estimate of drug-likeness (QED) is 0.662. The zero-order valence-corrected chi connectivity index (χ0v) is 18.9. The van der Waals surface area contributed by atoms with E-state index < -0.39 is 22.2 Å². The average Bonchev–Trinajstić information content (AvgIpc) is 2.63. The summed E-state index contributed by atoms with van der Waals surface area (Å²) < 4.78 is 39.4. The van der Waals surface area contributed by atoms with Gasteiger partial charge in [0.15, 0.2) is 0 Å². The van der Waals surface area contributed by atoms with Crippen LogP contribution in [0.2, 0.25) is 0 Å². The van der Waals surface area contributed by atoms with Crippen LogP contribution in [0.25, 0.3) is 0 Å². The summed E-state index contributed by atoms with van der Waals surface area (Å²) in [6, 6.07) is 4.14. The normalized spacial score (nSPS) is 23.1. The lowest BCUT2D eigenvalue weighted by Crippen LogP contribution is -2.50. The van der Waals surface area contributed by atoms with Crippen molar-refractivity contribution in [3.05, 3.63) is 22.7 Å². The van der Waals surface area contributed by atoms with Crippen LogP contribution in [-0.2, 0) is 19.6 Å². The minimum Gasteiger partial charge on any atom is -0.487 e. The van der Waals surface area contributed by atoms with Crippen LogP contribution in [0.4, 0.5) is 0 Å². The van der Waals surface area contributed by atoms with Crippen molar-refractivity contribution in [3.8, 4) is 5.75 Å². The van der Waals surface area contributed by atoms with Gasteiger partial charge in [0, 0.05) is 37.1 Å². The molecule has 1 amide bonds. The maximum absolute atomic E-state index is 13.2. The van der Waals surface area contributed by atoms with Crippen molar-refractivity contribution in [2.75, 3.05) is 40.5 Å². The minimum absolute atomic E-state index is 0.0399. The largest absolute Gasteiger partial charge is 0.487 e. The molecule has 1 aromatic carbocycles. The van der Waals surface area contributed by atoms with Gasteiger partial charge in [-0.2, -0.15) is 4.31 Å². The molecule has 1 aromatic rings. The number of hydrogen-bond acceptors (Lipinski definition) is 6. The molecule has 0 aromatic heterocycles. The monoisotopic (exact) mass is 478 g/mol. The van der Waals surface area contributed by atoms with Gasteiger partial charge in [0.2, 0.25) is 15.9 Å². The lowest BCUT2D eigenvalue weighted by atomic mass is 10.0. The van der Waals surface area contributed by atoms with Crippen molar-refractivity contribution in [1.82, 2.24) is 9.21 Å². The predicted octanol–water partition coefficient (Wildman–Crippen LogP) is 1.32. The number of hydrogen-bond donors (Lipinski definition) is 1. The van der Waals surface area contributed by atoms with Gasteiger partial charge in [-0.1, -0.05) is 22.9 Å². The third-order valence-electron chi connectivity index (χ3n) is 4.78. The predicted molar refractivity (Wildman–Crippen MR) is 108 cm³/mol. The van der Waals surface area contributed by atoms with Crippen LogP contribution in [0.1, 0.15) is 13.8 Å². The van der Waals surface area contributed by atoms with Crippen LogP contribution in [0.5, 0.6) is 5.75 Å². The number of fused-ring (bicyclic) bond motifs is 1. The maximum atomic E-state index is 13.2. The fraction of sp³-hybridized carbons (Fsp3) is 0.611. The molecule has 1 heterocycles. The van der Waals surface area contributed by atoms with Crippen molar-refractivity contribution >= 4 is 31.9 Å². The number of carbonyl (C=O) groups is 1. The Bertz CT molecular complexity index is 803. The second kappa shape index (κ2) is 9.53. The minimum atomic E-state index is -3.85. The Morgan fingerprint density at radius 2 is 2.18 bits per heavy atom. The standard InChI is InChI=1S/C18H27BrN2O6S/c1-12-8-21(13(2)10-22)28(24,25)17-6-5-14(19)7-15(17)27-16(12)9-20(3)18(23)11-26-4/h5-7,12-13,16,22H,8-11H2,1-4H3/t12-,13-,16-/m0/s1. The summed E-state index contributed by atoms with van der Waals surface area (Å²) in [5, 5.41) is 9.59. The van der Waals surface area contributed by atoms with E-state index in [1.54, 1.807) is 26.1 Å². The second-order valence-electron chi connectivity index (χ2n) is 7.04. The van der Waals surface area contributed by atoms with E-state index in [0.717, 1.165) is 0 Å². The molecule has 1 aliphatic heterocycles. The SMILES string of the molecule is COCC(=O)N(C)C[C@@H]1Oc2cc(Br)ccc2S(=O)(=O)N([C@@H](C)CO)C[C@@H]1C. The van der Waals surface area contributed by atoms with Crippen molar-refractivity contribution in [1.29, 1.82) is 0 Å². The van der Waals surface area contributed by atoms with Gasteiger partial charge >= 0.3 is 0 Å². The van der Waals surface area contributed by atoms with Crippen LogP contribution < -0.4 is 4.74 Å². The third-order valence-corrected chi connectivity index (χ3v) is 7.29. The van der Waals surface area contributed by atoms with Crippen LogP contribution in [0.15, 0.2) is 27.6 Å². The molecule has 10 heteroatoms. The van der Waals surface area contributed by atoms with Gasteiger partial charge in [-0.05, 0) is 25.1 Å². The molecule has 0 spiro atoms. The summed E-state index contributed by atoms with van der Waals surface area (Å²) in [4.78, 5) is 13.7. The number of halogens is 1. The molecule has 0 fully saturated rings. The number of likely N-dealkylation sites (N-methyl/N-ethyl adjacent to an activating group) is 1. The van der Waals surface area contributed by atoms with E-state index in [1.807, 2.05) is 6.92 Å². The van der Waals surface area contributed by atoms with E-state index >= 15 is 0 Å². The molecular weight excluding hydrogens is 452 g/mol. The first-order valence-corrected chi connectivity index (χ1v) is 11.2. The van der Waals surface area contributed by atoms with Gasteiger partial charge in [0.1, 0.15) is 23.4 Å². The summed E-state index contributed by atoms with van der Waals surface area (Å²) >= 11 is 3.35. The van der Waals surface area contributed by atoms with E-state index in [0.29, 0.717) is 4.47 Å². The Morgan fingerprint density at radius 1 is 1.50 bits per heavy atom. The highest BCUT2D eigenvalue weighted by Crippen LogP contribution is 2.35. The lowest BCUT2D eigenvalue weighted by Gasteiger charge is -2.37. The van der Waals surface area contributed by atoms with Crippen molar-refractivity contribution in [3.63, 3.8) is 0 Å². The summed E-state index contributed by atoms with van der Waals surface area (Å²) in [5.41, 5.74) is 0. The van der Waals surface area contributed by atoms with Crippen molar-refractivity contribution < 1.29 is 27.8 Å². The smallest absolute Gasteiger partial charge is 0.248 e. The second-order valence-corrected chi connectivity index (χ2v) is 9.81. The Hall–Kier alpha value is -1.20. The number of ether oxygens (including phenoxy) is 2. The first-order valence-electron chi connectivity index (χ1n) is 8.93. The van der Waals surface area contributed by atoms with Crippen molar-refractivity contribution in [2.45, 2.75) is 30.9 Å². The Kier molecular flexibility index (Phi) is 7.86. The molecule has 28 heavy (non-hydrogen) atoms. The van der Waals surface area contributed by atoms with E-state index in [9.17, 15) is 18.3 Å². The fourth-order valence-corrected chi connectivity index (χ4v) is 5.19. The number of nitrogens with zero attached hydrogens (tertiary/aromatic N) is 2. The van der Waals surface area contributed by atoms with Crippen LogP contribution in [0, 0.1) is 5.92 Å². The molecule has 0 saturated heterocycles. The molecule has 3 atom stereocenters. The molecular formula is C18H27BrN2O6S.